The van der Waals surface area contributed by atoms with Crippen LogP contribution in [0.5, 0.6) is 11.5 Å². The average Bonchev–Trinajstić information content (AvgIpc) is 2.98. The number of aromatic nitrogens is 4. The van der Waals surface area contributed by atoms with Crippen LogP contribution in [0.15, 0.2) is 41.2 Å². The first-order valence-corrected chi connectivity index (χ1v) is 8.79. The van der Waals surface area contributed by atoms with Crippen molar-refractivity contribution in [3.63, 3.8) is 0 Å². The van der Waals surface area contributed by atoms with Gasteiger partial charge in [-0.15, -0.1) is 13.2 Å². The molecule has 0 atom stereocenters. The molecule has 0 aliphatic rings. The second kappa shape index (κ2) is 7.98. The predicted octanol–water partition coefficient (Wildman–Crippen LogP) is 3.31. The third kappa shape index (κ3) is 4.58. The SMILES string of the molecule is CCc1cc(C)ccc1OCc1c(OC(F)(F)F)cccc1-n1nnn(C)c1=O. The first kappa shape index (κ1) is 20.4. The first-order valence-electron chi connectivity index (χ1n) is 8.79. The van der Waals surface area contributed by atoms with E-state index in [2.05, 4.69) is 15.2 Å². The smallest absolute Gasteiger partial charge is 0.488 e. The van der Waals surface area contributed by atoms with Crippen molar-refractivity contribution in [3.05, 3.63) is 63.6 Å². The molecule has 1 heterocycles. The van der Waals surface area contributed by atoms with E-state index in [1.807, 2.05) is 26.0 Å². The standard InChI is InChI=1S/C19H19F3N4O3/c1-4-13-10-12(2)8-9-16(13)28-11-14-15(26-18(27)25(3)23-24-26)6-5-7-17(14)29-19(20,21)22/h5-10H,4,11H2,1-3H3. The number of aryl methyl sites for hydroxylation is 3. The van der Waals surface area contributed by atoms with Gasteiger partial charge in [0.2, 0.25) is 0 Å². The molecular weight excluding hydrogens is 389 g/mol. The summed E-state index contributed by atoms with van der Waals surface area (Å²) in [4.78, 5) is 12.2. The minimum Gasteiger partial charge on any atom is -0.488 e. The highest BCUT2D eigenvalue weighted by atomic mass is 19.4. The van der Waals surface area contributed by atoms with Gasteiger partial charge in [-0.25, -0.2) is 4.79 Å². The number of benzene rings is 2. The van der Waals surface area contributed by atoms with Crippen molar-refractivity contribution >= 4 is 0 Å². The van der Waals surface area contributed by atoms with Crippen molar-refractivity contribution < 1.29 is 22.6 Å². The Morgan fingerprint density at radius 3 is 2.48 bits per heavy atom. The Hall–Kier alpha value is -3.30. The van der Waals surface area contributed by atoms with Crippen LogP contribution < -0.4 is 15.2 Å². The van der Waals surface area contributed by atoms with Gasteiger partial charge in [0.25, 0.3) is 0 Å². The summed E-state index contributed by atoms with van der Waals surface area (Å²) >= 11 is 0. The van der Waals surface area contributed by atoms with Crippen LogP contribution >= 0.6 is 0 Å². The Morgan fingerprint density at radius 2 is 1.86 bits per heavy atom. The molecule has 0 fully saturated rings. The van der Waals surface area contributed by atoms with Gasteiger partial charge in [-0.2, -0.15) is 9.36 Å². The molecule has 0 N–H and O–H groups in total. The molecule has 0 unspecified atom stereocenters. The lowest BCUT2D eigenvalue weighted by Crippen LogP contribution is -2.24. The fourth-order valence-electron chi connectivity index (χ4n) is 2.86. The maximum absolute atomic E-state index is 12.9. The average molecular weight is 408 g/mol. The van der Waals surface area contributed by atoms with E-state index in [-0.39, 0.29) is 17.9 Å². The van der Waals surface area contributed by atoms with Crippen LogP contribution in [0.4, 0.5) is 13.2 Å². The first-order chi connectivity index (χ1) is 13.7. The minimum absolute atomic E-state index is 0.0232. The van der Waals surface area contributed by atoms with Crippen LogP contribution in [0.1, 0.15) is 23.6 Å². The summed E-state index contributed by atoms with van der Waals surface area (Å²) in [6.45, 7) is 3.63. The van der Waals surface area contributed by atoms with Crippen molar-refractivity contribution in [2.24, 2.45) is 7.05 Å². The summed E-state index contributed by atoms with van der Waals surface area (Å²) in [7, 11) is 1.39. The topological polar surface area (TPSA) is 71.2 Å². The quantitative estimate of drug-likeness (QED) is 0.626. The van der Waals surface area contributed by atoms with Gasteiger partial charge in [0.15, 0.2) is 0 Å². The molecule has 0 aliphatic heterocycles. The Bertz CT molecular complexity index is 1070. The maximum Gasteiger partial charge on any atom is 0.573 e. The zero-order valence-corrected chi connectivity index (χ0v) is 16.0. The van der Waals surface area contributed by atoms with Crippen molar-refractivity contribution in [1.82, 2.24) is 19.8 Å². The third-order valence-corrected chi connectivity index (χ3v) is 4.25. The summed E-state index contributed by atoms with van der Waals surface area (Å²) in [5.74, 6) is 0.0649. The number of tetrazole rings is 1. The molecule has 0 aliphatic carbocycles. The van der Waals surface area contributed by atoms with E-state index in [1.54, 1.807) is 6.07 Å². The van der Waals surface area contributed by atoms with Crippen LogP contribution in [-0.2, 0) is 20.1 Å². The molecule has 7 nitrogen and oxygen atoms in total. The molecular formula is C19H19F3N4O3. The Labute approximate surface area is 164 Å². The predicted molar refractivity (Wildman–Crippen MR) is 98.2 cm³/mol. The largest absolute Gasteiger partial charge is 0.573 e. The molecule has 154 valence electrons. The van der Waals surface area contributed by atoms with Gasteiger partial charge in [0, 0.05) is 7.05 Å². The number of hydrogen-bond donors (Lipinski definition) is 0. The molecule has 3 rings (SSSR count). The minimum atomic E-state index is -4.90. The molecule has 0 spiro atoms. The normalized spacial score (nSPS) is 11.5. The van der Waals surface area contributed by atoms with E-state index in [9.17, 15) is 18.0 Å². The molecule has 3 aromatic rings. The van der Waals surface area contributed by atoms with Crippen LogP contribution in [0, 0.1) is 6.92 Å². The van der Waals surface area contributed by atoms with E-state index < -0.39 is 17.8 Å². The fourth-order valence-corrected chi connectivity index (χ4v) is 2.86. The summed E-state index contributed by atoms with van der Waals surface area (Å²) in [6, 6.07) is 9.50. The van der Waals surface area contributed by atoms with E-state index in [0.717, 1.165) is 26.6 Å². The number of alkyl halides is 3. The van der Waals surface area contributed by atoms with E-state index in [1.165, 1.54) is 19.2 Å². The molecule has 1 aromatic heterocycles. The Kier molecular flexibility index (Phi) is 5.62. The van der Waals surface area contributed by atoms with Gasteiger partial charge >= 0.3 is 12.1 Å². The monoisotopic (exact) mass is 408 g/mol. The molecule has 29 heavy (non-hydrogen) atoms. The van der Waals surface area contributed by atoms with Gasteiger partial charge in [0.05, 0.1) is 11.3 Å². The fraction of sp³-hybridized carbons (Fsp3) is 0.316. The van der Waals surface area contributed by atoms with Crippen LogP contribution in [0.25, 0.3) is 5.69 Å². The molecule has 10 heteroatoms. The highest BCUT2D eigenvalue weighted by Crippen LogP contribution is 2.31. The van der Waals surface area contributed by atoms with Gasteiger partial charge in [-0.05, 0) is 47.5 Å². The summed E-state index contributed by atoms with van der Waals surface area (Å²) in [5, 5.41) is 7.32. The number of nitrogens with zero attached hydrogens (tertiary/aromatic N) is 4. The zero-order chi connectivity index (χ0) is 21.2. The van der Waals surface area contributed by atoms with Crippen molar-refractivity contribution in [2.45, 2.75) is 33.2 Å². The Morgan fingerprint density at radius 1 is 1.10 bits per heavy atom. The number of hydrogen-bond acceptors (Lipinski definition) is 5. The molecule has 2 aromatic carbocycles. The van der Waals surface area contributed by atoms with Crippen LogP contribution in [-0.4, -0.2) is 26.2 Å². The van der Waals surface area contributed by atoms with Crippen molar-refractivity contribution in [1.29, 1.82) is 0 Å². The number of halogens is 3. The second-order valence-electron chi connectivity index (χ2n) is 6.35. The lowest BCUT2D eigenvalue weighted by atomic mass is 10.1. The number of rotatable bonds is 6. The number of ether oxygens (including phenoxy) is 2. The van der Waals surface area contributed by atoms with Crippen molar-refractivity contribution in [2.75, 3.05) is 0 Å². The lowest BCUT2D eigenvalue weighted by Gasteiger charge is -2.17. The molecule has 0 saturated heterocycles. The lowest BCUT2D eigenvalue weighted by molar-refractivity contribution is -0.275. The molecule has 0 amide bonds. The summed E-state index contributed by atoms with van der Waals surface area (Å²) in [6.07, 6.45) is -4.21. The van der Waals surface area contributed by atoms with Gasteiger partial charge < -0.3 is 9.47 Å². The van der Waals surface area contributed by atoms with Crippen molar-refractivity contribution in [3.8, 4) is 17.2 Å². The Balaban J connectivity index is 2.05. The van der Waals surface area contributed by atoms with Gasteiger partial charge in [0.1, 0.15) is 18.1 Å². The van der Waals surface area contributed by atoms with E-state index >= 15 is 0 Å². The van der Waals surface area contributed by atoms with E-state index in [0.29, 0.717) is 12.2 Å². The molecule has 0 radical (unpaired) electrons. The zero-order valence-electron chi connectivity index (χ0n) is 16.0. The summed E-state index contributed by atoms with van der Waals surface area (Å²) in [5.41, 5.74) is 1.46. The van der Waals surface area contributed by atoms with Gasteiger partial charge in [-0.3, -0.25) is 0 Å². The molecule has 0 saturated carbocycles. The highest BCUT2D eigenvalue weighted by molar-refractivity contribution is 5.49. The second-order valence-corrected chi connectivity index (χ2v) is 6.35. The van der Waals surface area contributed by atoms with Crippen LogP contribution in [0.2, 0.25) is 0 Å². The maximum atomic E-state index is 12.9. The van der Waals surface area contributed by atoms with Gasteiger partial charge in [-0.1, -0.05) is 30.7 Å². The third-order valence-electron chi connectivity index (χ3n) is 4.25. The molecule has 0 bridgehead atoms. The van der Waals surface area contributed by atoms with Crippen LogP contribution in [0.3, 0.4) is 0 Å². The van der Waals surface area contributed by atoms with E-state index in [4.69, 9.17) is 4.74 Å². The highest BCUT2D eigenvalue weighted by Gasteiger charge is 2.33. The summed E-state index contributed by atoms with van der Waals surface area (Å²) < 4.78 is 50.5.